The van der Waals surface area contributed by atoms with Crippen molar-refractivity contribution in [3.05, 3.63) is 12.2 Å². The summed E-state index contributed by atoms with van der Waals surface area (Å²) in [6.07, 6.45) is 10.5. The van der Waals surface area contributed by atoms with Crippen LogP contribution in [0, 0.1) is 5.92 Å². The Bertz CT molecular complexity index is 425. The van der Waals surface area contributed by atoms with Crippen LogP contribution in [0.3, 0.4) is 0 Å². The van der Waals surface area contributed by atoms with Crippen LogP contribution < -0.4 is 0 Å². The molecule has 0 radical (unpaired) electrons. The van der Waals surface area contributed by atoms with Crippen LogP contribution in [-0.2, 0) is 19.0 Å². The zero-order valence-electron chi connectivity index (χ0n) is 11.9. The Morgan fingerprint density at radius 2 is 2.00 bits per heavy atom. The first-order valence-corrected chi connectivity index (χ1v) is 9.14. The molecule has 5 nitrogen and oxygen atoms in total. The zero-order chi connectivity index (χ0) is 14.6. The molecule has 2 aliphatic rings. The highest BCUT2D eigenvalue weighted by molar-refractivity contribution is 7.86. The minimum atomic E-state index is -3.52. The van der Waals surface area contributed by atoms with Gasteiger partial charge in [0, 0.05) is 6.42 Å². The van der Waals surface area contributed by atoms with Crippen molar-refractivity contribution >= 4 is 10.1 Å². The largest absolute Gasteiger partial charge is 0.368 e. The molecule has 1 saturated heterocycles. The fourth-order valence-electron chi connectivity index (χ4n) is 2.96. The number of allylic oxidation sites excluding steroid dienone is 1. The number of rotatable bonds is 5. The average Bonchev–Trinajstić information content (AvgIpc) is 2.68. The molecule has 2 rings (SSSR count). The van der Waals surface area contributed by atoms with Crippen LogP contribution in [0.25, 0.3) is 0 Å². The molecule has 0 amide bonds. The first-order valence-electron chi connectivity index (χ1n) is 7.32. The highest BCUT2D eigenvalue weighted by Gasteiger charge is 2.36. The van der Waals surface area contributed by atoms with Crippen LogP contribution in [0.4, 0.5) is 0 Å². The zero-order valence-corrected chi connectivity index (χ0v) is 12.7. The van der Waals surface area contributed by atoms with E-state index in [1.165, 1.54) is 32.1 Å². The topological polar surface area (TPSA) is 72.8 Å². The van der Waals surface area contributed by atoms with E-state index in [2.05, 4.69) is 6.08 Å². The molecule has 0 spiro atoms. The van der Waals surface area contributed by atoms with Crippen LogP contribution in [0.15, 0.2) is 12.2 Å². The smallest absolute Gasteiger partial charge is 0.264 e. The predicted octanol–water partition coefficient (Wildman–Crippen LogP) is 1.97. The Morgan fingerprint density at radius 3 is 2.65 bits per heavy atom. The molecule has 20 heavy (non-hydrogen) atoms. The Morgan fingerprint density at radius 1 is 1.30 bits per heavy atom. The van der Waals surface area contributed by atoms with Crippen LogP contribution >= 0.6 is 0 Å². The molecule has 1 aliphatic heterocycles. The SMILES string of the molecule is CS(=O)(=O)O[C@H]1CC(O)O[C@H]1C/C=C\C1CCCCC1. The van der Waals surface area contributed by atoms with Crippen LogP contribution in [0.5, 0.6) is 0 Å². The molecule has 0 aromatic heterocycles. The second-order valence-electron chi connectivity index (χ2n) is 5.77. The standard InChI is InChI=1S/C14H24O5S/c1-20(16,17)19-13-10-14(15)18-12(13)9-5-8-11-6-3-2-4-7-11/h5,8,11-15H,2-4,6-7,9-10H2,1H3/b8-5-/t12-,13-,14?/m0/s1. The Labute approximate surface area is 121 Å². The van der Waals surface area contributed by atoms with Crippen molar-refractivity contribution in [1.82, 2.24) is 0 Å². The van der Waals surface area contributed by atoms with Gasteiger partial charge in [0.05, 0.1) is 12.4 Å². The van der Waals surface area contributed by atoms with Crippen molar-refractivity contribution in [2.75, 3.05) is 6.26 Å². The highest BCUT2D eigenvalue weighted by atomic mass is 32.2. The van der Waals surface area contributed by atoms with Gasteiger partial charge in [0.2, 0.25) is 0 Å². The summed E-state index contributed by atoms with van der Waals surface area (Å²) in [5.41, 5.74) is 0. The Kier molecular flexibility index (Phi) is 5.60. The van der Waals surface area contributed by atoms with Gasteiger partial charge in [-0.2, -0.15) is 8.42 Å². The van der Waals surface area contributed by atoms with E-state index in [1.54, 1.807) is 0 Å². The summed E-state index contributed by atoms with van der Waals surface area (Å²) in [5, 5.41) is 9.49. The van der Waals surface area contributed by atoms with E-state index in [1.807, 2.05) is 6.08 Å². The third kappa shape index (κ3) is 5.16. The predicted molar refractivity (Wildman–Crippen MR) is 75.5 cm³/mol. The molecule has 1 aliphatic carbocycles. The van der Waals surface area contributed by atoms with Crippen LogP contribution in [0.2, 0.25) is 0 Å². The molecular formula is C14H24O5S. The van der Waals surface area contributed by atoms with Crippen molar-refractivity contribution in [1.29, 1.82) is 0 Å². The summed E-state index contributed by atoms with van der Waals surface area (Å²) < 4.78 is 32.7. The van der Waals surface area contributed by atoms with Gasteiger partial charge >= 0.3 is 0 Å². The molecule has 1 heterocycles. The molecule has 116 valence electrons. The Hall–Kier alpha value is -0.430. The fourth-order valence-corrected chi connectivity index (χ4v) is 3.61. The molecule has 6 heteroatoms. The van der Waals surface area contributed by atoms with Gasteiger partial charge in [-0.1, -0.05) is 31.4 Å². The van der Waals surface area contributed by atoms with Gasteiger partial charge in [-0.3, -0.25) is 4.18 Å². The lowest BCUT2D eigenvalue weighted by Crippen LogP contribution is -2.26. The van der Waals surface area contributed by atoms with E-state index in [-0.39, 0.29) is 12.5 Å². The first kappa shape index (κ1) is 15.9. The summed E-state index contributed by atoms with van der Waals surface area (Å²) >= 11 is 0. The van der Waals surface area contributed by atoms with Gasteiger partial charge in [-0.15, -0.1) is 0 Å². The number of aliphatic hydroxyl groups is 1. The maximum absolute atomic E-state index is 11.2. The molecule has 2 fully saturated rings. The summed E-state index contributed by atoms with van der Waals surface area (Å²) in [6.45, 7) is 0. The van der Waals surface area contributed by atoms with E-state index in [9.17, 15) is 13.5 Å². The summed E-state index contributed by atoms with van der Waals surface area (Å²) in [5.74, 6) is 0.629. The molecule has 1 unspecified atom stereocenters. The fraction of sp³-hybridized carbons (Fsp3) is 0.857. The molecule has 0 bridgehead atoms. The third-order valence-electron chi connectivity index (χ3n) is 3.91. The lowest BCUT2D eigenvalue weighted by molar-refractivity contribution is -0.0925. The van der Waals surface area contributed by atoms with Crippen molar-refractivity contribution in [2.24, 2.45) is 5.92 Å². The molecule has 3 atom stereocenters. The number of aliphatic hydroxyl groups excluding tert-OH is 1. The van der Waals surface area contributed by atoms with Crippen LogP contribution in [-0.4, -0.2) is 38.3 Å². The average molecular weight is 304 g/mol. The maximum atomic E-state index is 11.2. The lowest BCUT2D eigenvalue weighted by Gasteiger charge is -2.19. The summed E-state index contributed by atoms with van der Waals surface area (Å²) in [6, 6.07) is 0. The maximum Gasteiger partial charge on any atom is 0.264 e. The minimum absolute atomic E-state index is 0.203. The van der Waals surface area contributed by atoms with Crippen molar-refractivity contribution in [2.45, 2.75) is 63.4 Å². The Balaban J connectivity index is 1.84. The quantitative estimate of drug-likeness (QED) is 0.621. The van der Waals surface area contributed by atoms with Gasteiger partial charge in [-0.25, -0.2) is 0 Å². The normalized spacial score (nSPS) is 33.0. The minimum Gasteiger partial charge on any atom is -0.368 e. The van der Waals surface area contributed by atoms with Gasteiger partial charge in [0.25, 0.3) is 10.1 Å². The lowest BCUT2D eigenvalue weighted by atomic mass is 9.89. The van der Waals surface area contributed by atoms with E-state index in [0.717, 1.165) is 6.26 Å². The van der Waals surface area contributed by atoms with Crippen molar-refractivity contribution < 1.29 is 22.4 Å². The van der Waals surface area contributed by atoms with Crippen LogP contribution in [0.1, 0.15) is 44.9 Å². The molecular weight excluding hydrogens is 280 g/mol. The second kappa shape index (κ2) is 7.02. The van der Waals surface area contributed by atoms with E-state index in [0.29, 0.717) is 12.3 Å². The van der Waals surface area contributed by atoms with E-state index in [4.69, 9.17) is 8.92 Å². The number of hydrogen-bond acceptors (Lipinski definition) is 5. The van der Waals surface area contributed by atoms with Crippen molar-refractivity contribution in [3.63, 3.8) is 0 Å². The van der Waals surface area contributed by atoms with Gasteiger partial charge in [-0.05, 0) is 25.2 Å². The third-order valence-corrected chi connectivity index (χ3v) is 4.50. The molecule has 1 saturated carbocycles. The number of ether oxygens (including phenoxy) is 1. The molecule has 1 N–H and O–H groups in total. The number of hydrogen-bond donors (Lipinski definition) is 1. The highest BCUT2D eigenvalue weighted by Crippen LogP contribution is 2.28. The summed E-state index contributed by atoms with van der Waals surface area (Å²) in [7, 11) is -3.52. The van der Waals surface area contributed by atoms with E-state index < -0.39 is 22.5 Å². The van der Waals surface area contributed by atoms with Gasteiger partial charge in [0.1, 0.15) is 6.10 Å². The molecule has 0 aromatic carbocycles. The molecule has 0 aromatic rings. The van der Waals surface area contributed by atoms with E-state index >= 15 is 0 Å². The second-order valence-corrected chi connectivity index (χ2v) is 7.37. The summed E-state index contributed by atoms with van der Waals surface area (Å²) in [4.78, 5) is 0. The van der Waals surface area contributed by atoms with Crippen molar-refractivity contribution in [3.8, 4) is 0 Å². The first-order chi connectivity index (χ1) is 9.44. The van der Waals surface area contributed by atoms with Gasteiger partial charge < -0.3 is 9.84 Å². The van der Waals surface area contributed by atoms with Gasteiger partial charge in [0.15, 0.2) is 6.29 Å². The monoisotopic (exact) mass is 304 g/mol.